The van der Waals surface area contributed by atoms with Crippen molar-refractivity contribution in [2.45, 2.75) is 77.5 Å². The molecule has 0 spiro atoms. The third-order valence-corrected chi connectivity index (χ3v) is 13.8. The molecule has 0 aromatic heterocycles. The second-order valence-corrected chi connectivity index (χ2v) is 17.6. The van der Waals surface area contributed by atoms with Crippen molar-refractivity contribution in [2.75, 3.05) is 6.61 Å². The van der Waals surface area contributed by atoms with Gasteiger partial charge in [-0.15, -0.1) is 0 Å². The summed E-state index contributed by atoms with van der Waals surface area (Å²) in [6.45, 7) is 15.3. The van der Waals surface area contributed by atoms with Gasteiger partial charge in [0.05, 0.1) is 23.2 Å². The minimum atomic E-state index is -2.64. The molecule has 1 heterocycles. The third-order valence-electron chi connectivity index (χ3n) is 8.81. The van der Waals surface area contributed by atoms with Gasteiger partial charge in [-0.05, 0) is 68.1 Å². The van der Waals surface area contributed by atoms with Gasteiger partial charge in [0.1, 0.15) is 5.82 Å². The predicted octanol–water partition coefficient (Wildman–Crippen LogP) is 5.83. The number of halogens is 1. The fourth-order valence-corrected chi connectivity index (χ4v) is 10.1. The molecule has 5 rings (SSSR count). The highest BCUT2D eigenvalue weighted by Crippen LogP contribution is 2.47. The molecule has 1 saturated carbocycles. The standard InChI is InChI=1S/C34H40BFO3Si/c1-31(2,3)40(27-14-10-8-11-15-27,28-16-12-9-13-17-28)37-25-34(22-23-34)21-20-26-18-19-29(30(36)24-26)35-38-32(4,5)33(6,7)39-35/h8-19,24H,22-23,25H2,1-7H3. The lowest BCUT2D eigenvalue weighted by Gasteiger charge is -2.43. The van der Waals surface area contributed by atoms with Gasteiger partial charge < -0.3 is 13.7 Å². The number of hydrogen-bond donors (Lipinski definition) is 0. The maximum Gasteiger partial charge on any atom is 0.497 e. The van der Waals surface area contributed by atoms with E-state index in [9.17, 15) is 0 Å². The Hall–Kier alpha value is -2.69. The molecule has 3 aromatic rings. The van der Waals surface area contributed by atoms with Gasteiger partial charge >= 0.3 is 7.12 Å². The summed E-state index contributed by atoms with van der Waals surface area (Å²) >= 11 is 0. The topological polar surface area (TPSA) is 27.7 Å². The summed E-state index contributed by atoms with van der Waals surface area (Å²) in [5.74, 6) is 6.37. The van der Waals surface area contributed by atoms with Crippen LogP contribution in [0.25, 0.3) is 0 Å². The van der Waals surface area contributed by atoms with Gasteiger partial charge in [0, 0.05) is 11.0 Å². The third kappa shape index (κ3) is 5.33. The Bertz CT molecular complexity index is 1360. The molecule has 208 valence electrons. The van der Waals surface area contributed by atoms with Crippen LogP contribution in [0, 0.1) is 23.1 Å². The molecule has 0 unspecified atom stereocenters. The first-order chi connectivity index (χ1) is 18.8. The van der Waals surface area contributed by atoms with Gasteiger partial charge in [0.25, 0.3) is 8.32 Å². The molecule has 0 radical (unpaired) electrons. The molecule has 2 fully saturated rings. The largest absolute Gasteiger partial charge is 0.497 e. The molecule has 0 N–H and O–H groups in total. The van der Waals surface area contributed by atoms with E-state index in [0.29, 0.717) is 17.6 Å². The van der Waals surface area contributed by atoms with E-state index in [1.54, 1.807) is 6.07 Å². The fourth-order valence-electron chi connectivity index (χ4n) is 5.44. The molecule has 1 saturated heterocycles. The Labute approximate surface area is 240 Å². The van der Waals surface area contributed by atoms with Gasteiger partial charge in [0.2, 0.25) is 0 Å². The highest BCUT2D eigenvalue weighted by molar-refractivity contribution is 6.99. The van der Waals surface area contributed by atoms with E-state index in [1.807, 2.05) is 33.8 Å². The highest BCUT2D eigenvalue weighted by atomic mass is 28.4. The molecule has 0 amide bonds. The van der Waals surface area contributed by atoms with Gasteiger partial charge in [0.15, 0.2) is 0 Å². The Balaban J connectivity index is 1.39. The SMILES string of the molecule is CC1(C)OB(c2ccc(C#CC3(CO[Si](c4ccccc4)(c4ccccc4)C(C)(C)C)CC3)cc2F)OC1(C)C. The van der Waals surface area contributed by atoms with Crippen molar-refractivity contribution in [2.24, 2.45) is 5.41 Å². The summed E-state index contributed by atoms with van der Waals surface area (Å²) < 4.78 is 34.5. The monoisotopic (exact) mass is 554 g/mol. The van der Waals surface area contributed by atoms with Crippen LogP contribution in [0.3, 0.4) is 0 Å². The van der Waals surface area contributed by atoms with Crippen LogP contribution in [0.15, 0.2) is 78.9 Å². The van der Waals surface area contributed by atoms with Crippen LogP contribution in [-0.2, 0) is 13.7 Å². The summed E-state index contributed by atoms with van der Waals surface area (Å²) in [4.78, 5) is 0. The minimum Gasteiger partial charge on any atom is -0.406 e. The van der Waals surface area contributed by atoms with Crippen LogP contribution >= 0.6 is 0 Å². The Kier molecular flexibility index (Phi) is 7.42. The van der Waals surface area contributed by atoms with Crippen molar-refractivity contribution >= 4 is 31.3 Å². The van der Waals surface area contributed by atoms with Gasteiger partial charge in [-0.3, -0.25) is 0 Å². The molecule has 3 aromatic carbocycles. The molecule has 0 atom stereocenters. The number of hydrogen-bond acceptors (Lipinski definition) is 3. The first kappa shape index (κ1) is 28.8. The molecule has 0 bridgehead atoms. The van der Waals surface area contributed by atoms with Crippen molar-refractivity contribution in [3.8, 4) is 11.8 Å². The smallest absolute Gasteiger partial charge is 0.406 e. The summed E-state index contributed by atoms with van der Waals surface area (Å²) in [5.41, 5.74) is -0.207. The second-order valence-electron chi connectivity index (χ2n) is 13.3. The normalized spacial score (nSPS) is 19.1. The predicted molar refractivity (Wildman–Crippen MR) is 164 cm³/mol. The molecule has 40 heavy (non-hydrogen) atoms. The fraction of sp³-hybridized carbons (Fsp3) is 0.412. The Morgan fingerprint density at radius 1 is 0.850 bits per heavy atom. The molecule has 6 heteroatoms. The van der Waals surface area contributed by atoms with E-state index in [2.05, 4.69) is 93.3 Å². The maximum atomic E-state index is 15.2. The van der Waals surface area contributed by atoms with Gasteiger partial charge in [-0.2, -0.15) is 0 Å². The van der Waals surface area contributed by atoms with Crippen LogP contribution in [0.2, 0.25) is 5.04 Å². The first-order valence-corrected chi connectivity index (χ1v) is 16.1. The molecule has 3 nitrogen and oxygen atoms in total. The highest BCUT2D eigenvalue weighted by Gasteiger charge is 2.54. The van der Waals surface area contributed by atoms with E-state index in [4.69, 9.17) is 13.7 Å². The molecule has 1 aliphatic heterocycles. The first-order valence-electron chi connectivity index (χ1n) is 14.2. The summed E-state index contributed by atoms with van der Waals surface area (Å²) in [5, 5.41) is 2.43. The summed E-state index contributed by atoms with van der Waals surface area (Å²) in [6.07, 6.45) is 1.96. The number of benzene rings is 3. The zero-order valence-electron chi connectivity index (χ0n) is 24.8. The Morgan fingerprint density at radius 2 is 1.38 bits per heavy atom. The summed E-state index contributed by atoms with van der Waals surface area (Å²) in [7, 11) is -3.37. The lowest BCUT2D eigenvalue weighted by atomic mass is 9.78. The lowest BCUT2D eigenvalue weighted by Crippen LogP contribution is -2.67. The molecular weight excluding hydrogens is 514 g/mol. The van der Waals surface area contributed by atoms with Crippen LogP contribution in [0.4, 0.5) is 4.39 Å². The van der Waals surface area contributed by atoms with Crippen LogP contribution in [-0.4, -0.2) is 33.2 Å². The second kappa shape index (κ2) is 10.3. The van der Waals surface area contributed by atoms with Crippen LogP contribution < -0.4 is 15.8 Å². The zero-order valence-corrected chi connectivity index (χ0v) is 25.8. The van der Waals surface area contributed by atoms with Crippen molar-refractivity contribution in [1.29, 1.82) is 0 Å². The average Bonchev–Trinajstić information content (AvgIpc) is 3.63. The molecule has 2 aliphatic rings. The van der Waals surface area contributed by atoms with E-state index in [0.717, 1.165) is 12.8 Å². The van der Waals surface area contributed by atoms with Crippen LogP contribution in [0.1, 0.15) is 66.9 Å². The Morgan fingerprint density at radius 3 is 1.82 bits per heavy atom. The zero-order chi connectivity index (χ0) is 28.8. The minimum absolute atomic E-state index is 0.0916. The van der Waals surface area contributed by atoms with Crippen LogP contribution in [0.5, 0.6) is 0 Å². The van der Waals surface area contributed by atoms with Crippen molar-refractivity contribution < 1.29 is 18.1 Å². The summed E-state index contributed by atoms with van der Waals surface area (Å²) in [6, 6.07) is 26.4. The number of rotatable bonds is 6. The van der Waals surface area contributed by atoms with Crippen molar-refractivity contribution in [3.63, 3.8) is 0 Å². The van der Waals surface area contributed by atoms with E-state index in [-0.39, 0.29) is 16.3 Å². The van der Waals surface area contributed by atoms with E-state index < -0.39 is 26.6 Å². The van der Waals surface area contributed by atoms with Gasteiger partial charge in [-0.25, -0.2) is 4.39 Å². The molecular formula is C34H40BFO3Si. The maximum absolute atomic E-state index is 15.2. The van der Waals surface area contributed by atoms with Crippen molar-refractivity contribution in [1.82, 2.24) is 0 Å². The van der Waals surface area contributed by atoms with E-state index >= 15 is 4.39 Å². The quantitative estimate of drug-likeness (QED) is 0.284. The lowest BCUT2D eigenvalue weighted by molar-refractivity contribution is 0.00578. The average molecular weight is 555 g/mol. The van der Waals surface area contributed by atoms with E-state index in [1.165, 1.54) is 16.4 Å². The molecule has 1 aliphatic carbocycles. The van der Waals surface area contributed by atoms with Gasteiger partial charge in [-0.1, -0.05) is 99.3 Å². The van der Waals surface area contributed by atoms with Crippen molar-refractivity contribution in [3.05, 3.63) is 90.2 Å².